The first kappa shape index (κ1) is 17.8. The van der Waals surface area contributed by atoms with Crippen LogP contribution in [0.1, 0.15) is 48.3 Å². The van der Waals surface area contributed by atoms with Gasteiger partial charge < -0.3 is 10.0 Å². The van der Waals surface area contributed by atoms with Gasteiger partial charge >= 0.3 is 0 Å². The van der Waals surface area contributed by atoms with E-state index in [1.807, 2.05) is 39.5 Å². The molecule has 0 spiro atoms. The van der Waals surface area contributed by atoms with Crippen LogP contribution in [0.4, 0.5) is 0 Å². The molecule has 0 saturated carbocycles. The van der Waals surface area contributed by atoms with Gasteiger partial charge in [-0.1, -0.05) is 0 Å². The van der Waals surface area contributed by atoms with Crippen LogP contribution in [0.25, 0.3) is 0 Å². The number of carbonyl (C=O) groups excluding carboxylic acids is 1. The molecule has 1 aliphatic rings. The molecule has 1 amide bonds. The molecular weight excluding hydrogens is 292 g/mol. The first-order valence-electron chi connectivity index (χ1n) is 8.16. The van der Waals surface area contributed by atoms with Crippen LogP contribution in [-0.2, 0) is 0 Å². The Kier molecular flexibility index (Phi) is 5.06. The van der Waals surface area contributed by atoms with Gasteiger partial charge in [-0.25, -0.2) is 4.98 Å². The maximum absolute atomic E-state index is 12.8. The summed E-state index contributed by atoms with van der Waals surface area (Å²) in [5, 5.41) is 9.99. The van der Waals surface area contributed by atoms with Gasteiger partial charge in [0.05, 0.1) is 22.7 Å². The number of hydrogen-bond donors (Lipinski definition) is 1. The zero-order chi connectivity index (χ0) is 17.4. The lowest BCUT2D eigenvalue weighted by atomic mass is 10.1. The third-order valence-corrected chi connectivity index (χ3v) is 4.33. The third kappa shape index (κ3) is 4.26. The lowest BCUT2D eigenvalue weighted by Crippen LogP contribution is -2.56. The van der Waals surface area contributed by atoms with Gasteiger partial charge in [-0.2, -0.15) is 0 Å². The number of amides is 1. The number of β-amino-alcohol motifs (C(OH)–C–C–N with tert-alkyl or cyclic N) is 1. The highest BCUT2D eigenvalue weighted by molar-refractivity contribution is 5.93. The van der Waals surface area contributed by atoms with Crippen LogP contribution in [0.5, 0.6) is 0 Å². The van der Waals surface area contributed by atoms with E-state index in [1.54, 1.807) is 0 Å². The van der Waals surface area contributed by atoms with Gasteiger partial charge in [-0.15, -0.1) is 0 Å². The molecular formula is C17H28N4O2. The molecule has 6 nitrogen and oxygen atoms in total. The van der Waals surface area contributed by atoms with E-state index in [0.717, 1.165) is 17.9 Å². The summed E-state index contributed by atoms with van der Waals surface area (Å²) in [5.74, 6) is -0.0483. The zero-order valence-electron chi connectivity index (χ0n) is 15.1. The van der Waals surface area contributed by atoms with E-state index < -0.39 is 5.60 Å². The lowest BCUT2D eigenvalue weighted by Gasteiger charge is -2.42. The normalized spacial score (nSPS) is 20.0. The Balaban J connectivity index is 2.10. The smallest absolute Gasteiger partial charge is 0.274 e. The summed E-state index contributed by atoms with van der Waals surface area (Å²) in [6.07, 6.45) is 0. The second-order valence-corrected chi connectivity index (χ2v) is 7.21. The number of aromatic nitrogens is 2. The molecule has 0 aliphatic carbocycles. The van der Waals surface area contributed by atoms with Crippen molar-refractivity contribution >= 4 is 5.91 Å². The maximum atomic E-state index is 12.8. The van der Waals surface area contributed by atoms with E-state index in [2.05, 4.69) is 21.8 Å². The van der Waals surface area contributed by atoms with Gasteiger partial charge in [0.2, 0.25) is 0 Å². The summed E-state index contributed by atoms with van der Waals surface area (Å²) in [4.78, 5) is 25.7. The molecule has 1 unspecified atom stereocenters. The van der Waals surface area contributed by atoms with Gasteiger partial charge in [0.15, 0.2) is 0 Å². The van der Waals surface area contributed by atoms with Crippen LogP contribution in [0.15, 0.2) is 0 Å². The first-order chi connectivity index (χ1) is 10.6. The topological polar surface area (TPSA) is 69.6 Å². The Morgan fingerprint density at radius 2 is 1.78 bits per heavy atom. The molecule has 23 heavy (non-hydrogen) atoms. The monoisotopic (exact) mass is 320 g/mol. The molecule has 0 aromatic carbocycles. The largest absolute Gasteiger partial charge is 0.389 e. The molecule has 1 saturated heterocycles. The minimum atomic E-state index is -0.726. The SMILES string of the molecule is Cc1nc(C)c(C(=O)N2CCN(CC(C)(C)O)C(C)C2)nc1C. The molecule has 2 heterocycles. The van der Waals surface area contributed by atoms with Crippen LogP contribution in [0, 0.1) is 20.8 Å². The van der Waals surface area contributed by atoms with Gasteiger partial charge in [0.1, 0.15) is 5.69 Å². The van der Waals surface area contributed by atoms with E-state index in [0.29, 0.717) is 31.0 Å². The van der Waals surface area contributed by atoms with Gasteiger partial charge in [-0.05, 0) is 41.5 Å². The Morgan fingerprint density at radius 3 is 2.35 bits per heavy atom. The van der Waals surface area contributed by atoms with Crippen molar-refractivity contribution in [3.05, 3.63) is 22.8 Å². The molecule has 1 atom stereocenters. The molecule has 0 radical (unpaired) electrons. The molecule has 128 valence electrons. The van der Waals surface area contributed by atoms with E-state index in [4.69, 9.17) is 0 Å². The summed E-state index contributed by atoms with van der Waals surface area (Å²) in [6, 6.07) is 0.207. The number of carbonyl (C=O) groups is 1. The van der Waals surface area contributed by atoms with Gasteiger partial charge in [0.25, 0.3) is 5.91 Å². The highest BCUT2D eigenvalue weighted by Gasteiger charge is 2.31. The fraction of sp³-hybridized carbons (Fsp3) is 0.706. The van der Waals surface area contributed by atoms with Crippen molar-refractivity contribution in [2.24, 2.45) is 0 Å². The van der Waals surface area contributed by atoms with Crippen LogP contribution < -0.4 is 0 Å². The molecule has 1 N–H and O–H groups in total. The minimum absolute atomic E-state index is 0.0483. The summed E-state index contributed by atoms with van der Waals surface area (Å²) in [5.41, 5.74) is 2.08. The number of aliphatic hydroxyl groups is 1. The number of aryl methyl sites for hydroxylation is 3. The van der Waals surface area contributed by atoms with E-state index in [9.17, 15) is 9.90 Å². The molecule has 1 aromatic rings. The third-order valence-electron chi connectivity index (χ3n) is 4.33. The van der Waals surface area contributed by atoms with Crippen molar-refractivity contribution in [3.8, 4) is 0 Å². The van der Waals surface area contributed by atoms with Crippen LogP contribution in [0.2, 0.25) is 0 Å². The minimum Gasteiger partial charge on any atom is -0.389 e. The highest BCUT2D eigenvalue weighted by atomic mass is 16.3. The predicted molar refractivity (Wildman–Crippen MR) is 89.5 cm³/mol. The summed E-state index contributed by atoms with van der Waals surface area (Å²) in [7, 11) is 0. The van der Waals surface area contributed by atoms with E-state index in [1.165, 1.54) is 0 Å². The van der Waals surface area contributed by atoms with Crippen molar-refractivity contribution in [1.29, 1.82) is 0 Å². The number of nitrogens with zero attached hydrogens (tertiary/aromatic N) is 4. The van der Waals surface area contributed by atoms with Crippen molar-refractivity contribution < 1.29 is 9.90 Å². The number of piperazine rings is 1. The van der Waals surface area contributed by atoms with Crippen molar-refractivity contribution in [1.82, 2.24) is 19.8 Å². The number of rotatable bonds is 3. The Hall–Kier alpha value is -1.53. The number of hydrogen-bond acceptors (Lipinski definition) is 5. The molecule has 1 aliphatic heterocycles. The summed E-state index contributed by atoms with van der Waals surface area (Å²) >= 11 is 0. The summed E-state index contributed by atoms with van der Waals surface area (Å²) < 4.78 is 0. The van der Waals surface area contributed by atoms with Crippen LogP contribution in [0.3, 0.4) is 0 Å². The second-order valence-electron chi connectivity index (χ2n) is 7.21. The molecule has 0 bridgehead atoms. The molecule has 1 fully saturated rings. The van der Waals surface area contributed by atoms with Crippen molar-refractivity contribution in [3.63, 3.8) is 0 Å². The van der Waals surface area contributed by atoms with Crippen LogP contribution in [-0.4, -0.2) is 68.6 Å². The Bertz CT molecular complexity index is 595. The Labute approximate surface area is 138 Å². The van der Waals surface area contributed by atoms with Crippen molar-refractivity contribution in [2.75, 3.05) is 26.2 Å². The van der Waals surface area contributed by atoms with Gasteiger partial charge in [0, 0.05) is 32.2 Å². The standard InChI is InChI=1S/C17H28N4O2/c1-11-9-20(7-8-21(11)10-17(5,6)23)16(22)15-14(4)18-12(2)13(3)19-15/h11,23H,7-10H2,1-6H3. The van der Waals surface area contributed by atoms with Crippen molar-refractivity contribution in [2.45, 2.75) is 53.2 Å². The van der Waals surface area contributed by atoms with Crippen LogP contribution >= 0.6 is 0 Å². The highest BCUT2D eigenvalue weighted by Crippen LogP contribution is 2.17. The average Bonchev–Trinajstić information content (AvgIpc) is 2.43. The average molecular weight is 320 g/mol. The lowest BCUT2D eigenvalue weighted by molar-refractivity contribution is -0.00158. The molecule has 2 rings (SSSR count). The second kappa shape index (κ2) is 6.53. The van der Waals surface area contributed by atoms with E-state index in [-0.39, 0.29) is 11.9 Å². The quantitative estimate of drug-likeness (QED) is 0.909. The van der Waals surface area contributed by atoms with Gasteiger partial charge in [-0.3, -0.25) is 14.7 Å². The fourth-order valence-corrected chi connectivity index (χ4v) is 2.98. The molecule has 1 aromatic heterocycles. The maximum Gasteiger partial charge on any atom is 0.274 e. The Morgan fingerprint density at radius 1 is 1.17 bits per heavy atom. The molecule has 6 heteroatoms. The van der Waals surface area contributed by atoms with E-state index >= 15 is 0 Å². The predicted octanol–water partition coefficient (Wildman–Crippen LogP) is 1.32. The zero-order valence-corrected chi connectivity index (χ0v) is 15.1. The first-order valence-corrected chi connectivity index (χ1v) is 8.16. The summed E-state index contributed by atoms with van der Waals surface area (Å²) in [6.45, 7) is 14.0. The fourth-order valence-electron chi connectivity index (χ4n) is 2.98.